The Kier molecular flexibility index (Phi) is 17.7. The van der Waals surface area contributed by atoms with Gasteiger partial charge in [0, 0.05) is 39.3 Å². The SMILES string of the molecule is CCNC(=O)[C@H]1O[C@@H](n2cnc3c(NC(=O)Nc4ccccc4S(=O)(=O)N(C)C(C)C)ncnc32)[C@@H]2OC(C)(C)O[C@@H]21.CCNC(=O)[C@H]1O[C@@H](n2cnc3c(NC(=O)Nc4ccccc4S(=O)(=O)N(C)C(C)C)ncnc32)[C@H](O)[C@@H]1O. The van der Waals surface area contributed by atoms with Crippen LogP contribution in [-0.4, -0.2) is 180 Å². The van der Waals surface area contributed by atoms with Crippen LogP contribution in [0.1, 0.15) is 67.8 Å². The third-order valence-corrected chi connectivity index (χ3v) is 17.4. The van der Waals surface area contributed by atoms with Crippen molar-refractivity contribution in [1.82, 2.24) is 58.3 Å². The van der Waals surface area contributed by atoms with Gasteiger partial charge in [0.05, 0.1) is 24.0 Å². The molecule has 0 aliphatic carbocycles. The minimum atomic E-state index is -3.89. The Bertz CT molecular complexity index is 3550. The van der Waals surface area contributed by atoms with Gasteiger partial charge in [-0.25, -0.2) is 56.3 Å². The van der Waals surface area contributed by atoms with Gasteiger partial charge >= 0.3 is 12.1 Å². The van der Waals surface area contributed by atoms with Gasteiger partial charge in [-0.05, 0) is 79.7 Å². The standard InChI is InChI=1S/C26H34N8O7S.C23H30N8O7S/c1-7-27-23(35)19-18-20(41-26(4,5)40-18)24(39-19)34-13-30-17-21(28-12-29-22(17)34)32-25(36)31-15-10-8-9-11-16(15)42(37,38)33(6)14(2)3;1-5-24-21(34)18-16(32)17(33)22(38-18)31-11-27-15-19(25-10-26-20(15)31)29-23(35)28-13-8-6-7-9-14(13)39(36,37)30(4)12(2)3/h8-14,18-20,24H,7H2,1-6H3,(H,27,35)(H2,28,29,31,32,36);6-12,16-18,22,32-33H,5H2,1-4H3,(H,24,34)(H2,25,26,28,29,35)/t18-,19+,20-,24-;16-,17+,18-,22+/m10/s1. The van der Waals surface area contributed by atoms with Crippen LogP contribution in [0.15, 0.2) is 83.6 Å². The molecule has 8 N–H and O–H groups in total. The number of hydrogen-bond donors (Lipinski definition) is 8. The predicted molar refractivity (Wildman–Crippen MR) is 290 cm³/mol. The number of nitrogens with zero attached hydrogens (tertiary/aromatic N) is 10. The lowest BCUT2D eigenvalue weighted by atomic mass is 10.1. The van der Waals surface area contributed by atoms with E-state index in [1.807, 2.05) is 6.92 Å². The summed E-state index contributed by atoms with van der Waals surface area (Å²) in [6.45, 7) is 14.7. The molecule has 8 atom stereocenters. The normalized spacial score (nSPS) is 22.4. The summed E-state index contributed by atoms with van der Waals surface area (Å²) >= 11 is 0. The molecular weight excluding hydrogens is 1100 g/mol. The van der Waals surface area contributed by atoms with E-state index in [9.17, 15) is 46.2 Å². The summed E-state index contributed by atoms with van der Waals surface area (Å²) in [6, 6.07) is 9.99. The second-order valence-corrected chi connectivity index (χ2v) is 23.6. The fourth-order valence-corrected chi connectivity index (χ4v) is 11.9. The first-order chi connectivity index (χ1) is 38.3. The number of para-hydroxylation sites is 2. The number of imidazole rings is 2. The van der Waals surface area contributed by atoms with E-state index in [1.54, 1.807) is 77.3 Å². The Balaban J connectivity index is 0.000000213. The summed E-state index contributed by atoms with van der Waals surface area (Å²) in [5.74, 6) is -1.77. The van der Waals surface area contributed by atoms with Crippen LogP contribution in [-0.2, 0) is 48.6 Å². The molecule has 81 heavy (non-hydrogen) atoms. The number of aliphatic hydroxyl groups excluding tert-OH is 2. The van der Waals surface area contributed by atoms with E-state index in [0.29, 0.717) is 18.7 Å². The summed E-state index contributed by atoms with van der Waals surface area (Å²) in [4.78, 5) is 76.0. The van der Waals surface area contributed by atoms with E-state index >= 15 is 0 Å². The summed E-state index contributed by atoms with van der Waals surface area (Å²) in [5.41, 5.74) is 0.991. The maximum absolute atomic E-state index is 13.1. The van der Waals surface area contributed by atoms with E-state index in [2.05, 4.69) is 61.8 Å². The fraction of sp³-hybridized carbons (Fsp3) is 0.469. The Hall–Kier alpha value is -7.40. The highest BCUT2D eigenvalue weighted by Gasteiger charge is 2.58. The average Bonchev–Trinajstić information content (AvgIpc) is 4.07. The van der Waals surface area contributed by atoms with Crippen molar-refractivity contribution in [2.24, 2.45) is 0 Å². The van der Waals surface area contributed by atoms with Crippen LogP contribution in [0.25, 0.3) is 22.3 Å². The molecule has 436 valence electrons. The molecule has 7 heterocycles. The second-order valence-electron chi connectivity index (χ2n) is 19.7. The molecule has 4 aromatic heterocycles. The number of benzene rings is 2. The second kappa shape index (κ2) is 24.0. The minimum Gasteiger partial charge on any atom is -0.387 e. The first kappa shape index (κ1) is 59.7. The number of nitrogens with one attached hydrogen (secondary N) is 6. The number of likely N-dealkylation sites (N-methyl/N-ethyl adjacent to an activating group) is 2. The number of rotatable bonds is 16. The number of amides is 6. The molecular formula is C49H64N16O14S2. The first-order valence-electron chi connectivity index (χ1n) is 25.5. The quantitative estimate of drug-likeness (QED) is 0.0689. The van der Waals surface area contributed by atoms with Gasteiger partial charge in [-0.1, -0.05) is 24.3 Å². The molecule has 2 aromatic carbocycles. The van der Waals surface area contributed by atoms with Crippen molar-refractivity contribution in [3.8, 4) is 0 Å². The zero-order chi connectivity index (χ0) is 58.9. The van der Waals surface area contributed by atoms with E-state index in [1.165, 1.54) is 70.5 Å². The molecule has 3 aliphatic heterocycles. The van der Waals surface area contributed by atoms with Crippen LogP contribution in [0.2, 0.25) is 0 Å². The van der Waals surface area contributed by atoms with E-state index in [0.717, 1.165) is 6.33 Å². The number of anilines is 4. The van der Waals surface area contributed by atoms with Crippen LogP contribution in [0.3, 0.4) is 0 Å². The molecule has 6 amide bonds. The molecule has 6 aromatic rings. The van der Waals surface area contributed by atoms with Crippen molar-refractivity contribution in [1.29, 1.82) is 0 Å². The van der Waals surface area contributed by atoms with Crippen LogP contribution in [0, 0.1) is 0 Å². The highest BCUT2D eigenvalue weighted by Crippen LogP contribution is 2.44. The van der Waals surface area contributed by atoms with Gasteiger partial charge in [0.15, 0.2) is 64.4 Å². The van der Waals surface area contributed by atoms with Crippen LogP contribution in [0.4, 0.5) is 32.6 Å². The van der Waals surface area contributed by atoms with Crippen LogP contribution in [0.5, 0.6) is 0 Å². The van der Waals surface area contributed by atoms with E-state index in [-0.39, 0.29) is 67.5 Å². The lowest BCUT2D eigenvalue weighted by molar-refractivity contribution is -0.197. The van der Waals surface area contributed by atoms with Gasteiger partial charge < -0.3 is 50.4 Å². The zero-order valence-electron chi connectivity index (χ0n) is 45.7. The van der Waals surface area contributed by atoms with Gasteiger partial charge in [0.1, 0.15) is 46.9 Å². The lowest BCUT2D eigenvalue weighted by Crippen LogP contribution is -2.42. The van der Waals surface area contributed by atoms with Gasteiger partial charge in [-0.15, -0.1) is 0 Å². The number of carbonyl (C=O) groups is 4. The summed E-state index contributed by atoms with van der Waals surface area (Å²) in [6.07, 6.45) is -3.36. The molecule has 0 unspecified atom stereocenters. The number of fused-ring (bicyclic) bond motifs is 3. The van der Waals surface area contributed by atoms with Crippen molar-refractivity contribution in [2.45, 2.75) is 132 Å². The fourth-order valence-electron chi connectivity index (χ4n) is 8.90. The highest BCUT2D eigenvalue weighted by molar-refractivity contribution is 7.89. The van der Waals surface area contributed by atoms with Gasteiger partial charge in [-0.2, -0.15) is 8.61 Å². The van der Waals surface area contributed by atoms with Gasteiger partial charge in [-0.3, -0.25) is 29.4 Å². The molecule has 3 fully saturated rings. The molecule has 30 nitrogen and oxygen atoms in total. The Morgan fingerprint density at radius 1 is 0.605 bits per heavy atom. The smallest absolute Gasteiger partial charge is 0.324 e. The maximum Gasteiger partial charge on any atom is 0.324 e. The maximum atomic E-state index is 13.1. The van der Waals surface area contributed by atoms with Crippen LogP contribution >= 0.6 is 0 Å². The number of hydrogen-bond acceptors (Lipinski definition) is 20. The average molecular weight is 1170 g/mol. The Labute approximate surface area is 465 Å². The third-order valence-electron chi connectivity index (χ3n) is 13.3. The van der Waals surface area contributed by atoms with Crippen molar-refractivity contribution in [3.05, 3.63) is 73.8 Å². The number of urea groups is 2. The highest BCUT2D eigenvalue weighted by atomic mass is 32.2. The zero-order valence-corrected chi connectivity index (χ0v) is 47.3. The number of aliphatic hydroxyl groups is 2. The third kappa shape index (κ3) is 12.1. The topological polar surface area (TPSA) is 380 Å². The summed E-state index contributed by atoms with van der Waals surface area (Å²) < 4.78 is 81.5. The first-order valence-corrected chi connectivity index (χ1v) is 28.4. The summed E-state index contributed by atoms with van der Waals surface area (Å²) in [7, 11) is -4.84. The summed E-state index contributed by atoms with van der Waals surface area (Å²) in [5, 5.41) is 36.5. The Morgan fingerprint density at radius 2 is 1.02 bits per heavy atom. The molecule has 32 heteroatoms. The van der Waals surface area contributed by atoms with E-state index in [4.69, 9.17) is 18.9 Å². The number of ether oxygens (including phenoxy) is 4. The van der Waals surface area contributed by atoms with Gasteiger partial charge in [0.2, 0.25) is 20.0 Å². The minimum absolute atomic E-state index is 0.0100. The molecule has 0 spiro atoms. The Morgan fingerprint density at radius 3 is 1.48 bits per heavy atom. The number of carbonyl (C=O) groups excluding carboxylic acids is 4. The number of sulfonamides is 2. The molecule has 3 aliphatic rings. The monoisotopic (exact) mass is 1160 g/mol. The molecule has 9 rings (SSSR count). The molecule has 0 bridgehead atoms. The number of aromatic nitrogens is 8. The molecule has 0 saturated carbocycles. The van der Waals surface area contributed by atoms with Crippen molar-refractivity contribution < 1.29 is 65.2 Å². The van der Waals surface area contributed by atoms with Crippen molar-refractivity contribution >= 4 is 89.3 Å². The predicted octanol–water partition coefficient (Wildman–Crippen LogP) is 2.31. The van der Waals surface area contributed by atoms with Crippen molar-refractivity contribution in [2.75, 3.05) is 48.5 Å². The largest absolute Gasteiger partial charge is 0.387 e. The molecule has 3 saturated heterocycles. The van der Waals surface area contributed by atoms with Crippen molar-refractivity contribution in [3.63, 3.8) is 0 Å². The lowest BCUT2D eigenvalue weighted by Gasteiger charge is -2.24. The van der Waals surface area contributed by atoms with Crippen LogP contribution < -0.4 is 31.9 Å². The van der Waals surface area contributed by atoms with E-state index < -0.39 is 92.9 Å². The molecule has 0 radical (unpaired) electrons. The van der Waals surface area contributed by atoms with Gasteiger partial charge in [0.25, 0.3) is 11.8 Å².